The SMILES string of the molecule is COc1ccc2c(c1)c(CBr)cc1cc(OC)c(OC)cc12. The number of alkyl halides is 1. The van der Waals surface area contributed by atoms with Gasteiger partial charge in [0.05, 0.1) is 21.3 Å². The van der Waals surface area contributed by atoms with E-state index in [0.717, 1.165) is 33.4 Å². The molecular weight excluding hydrogens is 344 g/mol. The van der Waals surface area contributed by atoms with Crippen LogP contribution in [0.15, 0.2) is 36.4 Å². The Bertz CT molecular complexity index is 843. The van der Waals surface area contributed by atoms with Crippen molar-refractivity contribution in [2.75, 3.05) is 21.3 Å². The van der Waals surface area contributed by atoms with Crippen LogP contribution in [0.1, 0.15) is 5.56 Å². The lowest BCUT2D eigenvalue weighted by atomic mass is 9.97. The number of hydrogen-bond donors (Lipinski definition) is 0. The minimum Gasteiger partial charge on any atom is -0.497 e. The highest BCUT2D eigenvalue weighted by Gasteiger charge is 2.12. The molecule has 4 heteroatoms. The van der Waals surface area contributed by atoms with Crippen LogP contribution in [0.4, 0.5) is 0 Å². The average Bonchev–Trinajstić information content (AvgIpc) is 2.58. The van der Waals surface area contributed by atoms with Gasteiger partial charge in [0.25, 0.3) is 0 Å². The standard InChI is InChI=1S/C18H17BrO3/c1-20-13-4-5-14-15(8-13)12(10-19)6-11-7-17(21-2)18(22-3)9-16(11)14/h4-9H,10H2,1-3H3. The first-order valence-corrected chi connectivity index (χ1v) is 8.05. The van der Waals surface area contributed by atoms with Crippen molar-refractivity contribution < 1.29 is 14.2 Å². The first kappa shape index (κ1) is 15.0. The number of halogens is 1. The molecule has 0 N–H and O–H groups in total. The van der Waals surface area contributed by atoms with E-state index in [1.54, 1.807) is 21.3 Å². The van der Waals surface area contributed by atoms with Gasteiger partial charge in [-0.05, 0) is 57.4 Å². The third-order valence-corrected chi connectivity index (χ3v) is 4.50. The van der Waals surface area contributed by atoms with E-state index < -0.39 is 0 Å². The van der Waals surface area contributed by atoms with Crippen molar-refractivity contribution in [3.8, 4) is 17.2 Å². The molecule has 0 atom stereocenters. The Kier molecular flexibility index (Phi) is 4.12. The highest BCUT2D eigenvalue weighted by molar-refractivity contribution is 9.08. The second-order valence-corrected chi connectivity index (χ2v) is 5.57. The topological polar surface area (TPSA) is 27.7 Å². The lowest BCUT2D eigenvalue weighted by molar-refractivity contribution is 0.356. The summed E-state index contributed by atoms with van der Waals surface area (Å²) in [5.41, 5.74) is 1.22. The van der Waals surface area contributed by atoms with E-state index in [-0.39, 0.29) is 0 Å². The van der Waals surface area contributed by atoms with E-state index in [4.69, 9.17) is 14.2 Å². The van der Waals surface area contributed by atoms with E-state index >= 15 is 0 Å². The molecule has 0 saturated carbocycles. The number of benzene rings is 3. The summed E-state index contributed by atoms with van der Waals surface area (Å²) < 4.78 is 16.2. The molecule has 3 aromatic carbocycles. The van der Waals surface area contributed by atoms with Crippen molar-refractivity contribution in [1.82, 2.24) is 0 Å². The summed E-state index contributed by atoms with van der Waals surface area (Å²) in [5, 5.41) is 5.40. The molecule has 0 fully saturated rings. The van der Waals surface area contributed by atoms with E-state index in [2.05, 4.69) is 34.1 Å². The number of hydrogen-bond acceptors (Lipinski definition) is 3. The van der Waals surface area contributed by atoms with Gasteiger partial charge in [-0.3, -0.25) is 0 Å². The predicted molar refractivity (Wildman–Crippen MR) is 93.7 cm³/mol. The lowest BCUT2D eigenvalue weighted by Gasteiger charge is -2.14. The van der Waals surface area contributed by atoms with Gasteiger partial charge in [0.2, 0.25) is 0 Å². The fraction of sp³-hybridized carbons (Fsp3) is 0.222. The molecule has 114 valence electrons. The molecule has 0 aliphatic rings. The van der Waals surface area contributed by atoms with Crippen molar-refractivity contribution in [2.24, 2.45) is 0 Å². The van der Waals surface area contributed by atoms with Crippen LogP contribution in [-0.2, 0) is 5.33 Å². The second-order valence-electron chi connectivity index (χ2n) is 5.01. The predicted octanol–water partition coefficient (Wildman–Crippen LogP) is 4.91. The number of fused-ring (bicyclic) bond motifs is 3. The molecule has 0 aliphatic carbocycles. The molecule has 0 bridgehead atoms. The molecule has 22 heavy (non-hydrogen) atoms. The summed E-state index contributed by atoms with van der Waals surface area (Å²) in [7, 11) is 4.99. The van der Waals surface area contributed by atoms with E-state index in [0.29, 0.717) is 0 Å². The summed E-state index contributed by atoms with van der Waals surface area (Å²) in [6, 6.07) is 12.4. The second kappa shape index (κ2) is 6.05. The van der Waals surface area contributed by atoms with Crippen molar-refractivity contribution in [2.45, 2.75) is 5.33 Å². The highest BCUT2D eigenvalue weighted by Crippen LogP contribution is 2.38. The van der Waals surface area contributed by atoms with Gasteiger partial charge in [-0.2, -0.15) is 0 Å². The summed E-state index contributed by atoms with van der Waals surface area (Å²) in [5.74, 6) is 2.33. The quantitative estimate of drug-likeness (QED) is 0.488. The minimum absolute atomic E-state index is 0.735. The Morgan fingerprint density at radius 3 is 2.14 bits per heavy atom. The zero-order valence-electron chi connectivity index (χ0n) is 12.8. The van der Waals surface area contributed by atoms with Crippen LogP contribution in [0.3, 0.4) is 0 Å². The smallest absolute Gasteiger partial charge is 0.161 e. The molecule has 0 saturated heterocycles. The van der Waals surface area contributed by atoms with E-state index in [1.165, 1.54) is 16.3 Å². The van der Waals surface area contributed by atoms with Crippen LogP contribution in [0.2, 0.25) is 0 Å². The Morgan fingerprint density at radius 1 is 0.773 bits per heavy atom. The van der Waals surface area contributed by atoms with Crippen LogP contribution in [0, 0.1) is 0 Å². The molecule has 0 heterocycles. The molecule has 0 amide bonds. The molecule has 3 aromatic rings. The van der Waals surface area contributed by atoms with Gasteiger partial charge >= 0.3 is 0 Å². The normalized spacial score (nSPS) is 10.9. The number of rotatable bonds is 4. The summed E-state index contributed by atoms with van der Waals surface area (Å²) in [6.45, 7) is 0. The average molecular weight is 361 g/mol. The van der Waals surface area contributed by atoms with Crippen molar-refractivity contribution in [3.05, 3.63) is 42.0 Å². The first-order valence-electron chi connectivity index (χ1n) is 6.93. The monoisotopic (exact) mass is 360 g/mol. The van der Waals surface area contributed by atoms with Crippen LogP contribution in [-0.4, -0.2) is 21.3 Å². The van der Waals surface area contributed by atoms with Crippen molar-refractivity contribution in [1.29, 1.82) is 0 Å². The number of methoxy groups -OCH3 is 3. The first-order chi connectivity index (χ1) is 10.7. The van der Waals surface area contributed by atoms with Crippen LogP contribution >= 0.6 is 15.9 Å². The molecule has 0 unspecified atom stereocenters. The zero-order valence-corrected chi connectivity index (χ0v) is 14.4. The van der Waals surface area contributed by atoms with Crippen LogP contribution in [0.25, 0.3) is 21.5 Å². The van der Waals surface area contributed by atoms with Gasteiger partial charge in [-0.1, -0.05) is 22.0 Å². The molecule has 3 rings (SSSR count). The van der Waals surface area contributed by atoms with Gasteiger partial charge in [0.15, 0.2) is 11.5 Å². The lowest BCUT2D eigenvalue weighted by Crippen LogP contribution is -1.92. The van der Waals surface area contributed by atoms with Crippen LogP contribution < -0.4 is 14.2 Å². The third-order valence-electron chi connectivity index (χ3n) is 3.89. The maximum absolute atomic E-state index is 5.44. The van der Waals surface area contributed by atoms with Gasteiger partial charge in [-0.25, -0.2) is 0 Å². The van der Waals surface area contributed by atoms with Crippen molar-refractivity contribution in [3.63, 3.8) is 0 Å². The van der Waals surface area contributed by atoms with Gasteiger partial charge in [0.1, 0.15) is 5.75 Å². The Morgan fingerprint density at radius 2 is 1.50 bits per heavy atom. The minimum atomic E-state index is 0.735. The Balaban J connectivity index is 2.42. The molecule has 0 spiro atoms. The highest BCUT2D eigenvalue weighted by atomic mass is 79.9. The molecule has 0 aliphatic heterocycles. The van der Waals surface area contributed by atoms with Crippen LogP contribution in [0.5, 0.6) is 17.2 Å². The molecule has 0 aromatic heterocycles. The van der Waals surface area contributed by atoms with Gasteiger partial charge in [0, 0.05) is 5.33 Å². The van der Waals surface area contributed by atoms with Crippen molar-refractivity contribution >= 4 is 37.5 Å². The third kappa shape index (κ3) is 2.37. The maximum Gasteiger partial charge on any atom is 0.161 e. The number of ether oxygens (including phenoxy) is 3. The summed E-state index contributed by atoms with van der Waals surface area (Å²) in [4.78, 5) is 0. The maximum atomic E-state index is 5.44. The van der Waals surface area contributed by atoms with Gasteiger partial charge in [-0.15, -0.1) is 0 Å². The Labute approximate surface area is 137 Å². The summed E-state index contributed by atoms with van der Waals surface area (Å²) >= 11 is 3.58. The molecule has 3 nitrogen and oxygen atoms in total. The molecular formula is C18H17BrO3. The molecule has 0 radical (unpaired) electrons. The van der Waals surface area contributed by atoms with Gasteiger partial charge < -0.3 is 14.2 Å². The fourth-order valence-electron chi connectivity index (χ4n) is 2.77. The zero-order chi connectivity index (χ0) is 15.7. The summed E-state index contributed by atoms with van der Waals surface area (Å²) in [6.07, 6.45) is 0. The largest absolute Gasteiger partial charge is 0.497 e. The fourth-order valence-corrected chi connectivity index (χ4v) is 3.24. The van der Waals surface area contributed by atoms with E-state index in [9.17, 15) is 0 Å². The van der Waals surface area contributed by atoms with E-state index in [1.807, 2.05) is 18.2 Å². The Hall–Kier alpha value is -1.94.